The zero-order valence-corrected chi connectivity index (χ0v) is 10.8. The maximum atomic E-state index is 11.7. The van der Waals surface area contributed by atoms with Crippen LogP contribution in [0.5, 0.6) is 5.75 Å². The van der Waals surface area contributed by atoms with Crippen molar-refractivity contribution in [3.8, 4) is 5.75 Å². The lowest BCUT2D eigenvalue weighted by molar-refractivity contribution is 0.415. The van der Waals surface area contributed by atoms with Crippen molar-refractivity contribution in [2.75, 3.05) is 30.1 Å². The minimum absolute atomic E-state index is 0.0723. The van der Waals surface area contributed by atoms with Crippen molar-refractivity contribution in [1.29, 1.82) is 0 Å². The third-order valence-electron chi connectivity index (χ3n) is 2.19. The Bertz CT molecular complexity index is 430. The van der Waals surface area contributed by atoms with Crippen LogP contribution in [-0.4, -0.2) is 34.2 Å². The SMILES string of the molecule is COc1ccc(N(C)S(=O)(=O)CCCl)cc1. The van der Waals surface area contributed by atoms with Crippen molar-refractivity contribution < 1.29 is 13.2 Å². The third-order valence-corrected chi connectivity index (χ3v) is 4.37. The fraction of sp³-hybridized carbons (Fsp3) is 0.400. The van der Waals surface area contributed by atoms with Gasteiger partial charge in [0, 0.05) is 12.9 Å². The summed E-state index contributed by atoms with van der Waals surface area (Å²) in [7, 11) is -0.260. The molecule has 0 aliphatic rings. The molecular formula is C10H14ClNO3S. The quantitative estimate of drug-likeness (QED) is 0.760. The van der Waals surface area contributed by atoms with Crippen LogP contribution in [0.15, 0.2) is 24.3 Å². The number of alkyl halides is 1. The molecule has 16 heavy (non-hydrogen) atoms. The van der Waals surface area contributed by atoms with Crippen molar-refractivity contribution in [1.82, 2.24) is 0 Å². The molecule has 0 N–H and O–H groups in total. The highest BCUT2D eigenvalue weighted by Crippen LogP contribution is 2.20. The van der Waals surface area contributed by atoms with Gasteiger partial charge in [-0.1, -0.05) is 0 Å². The van der Waals surface area contributed by atoms with E-state index in [1.54, 1.807) is 31.4 Å². The van der Waals surface area contributed by atoms with Crippen LogP contribution in [0.4, 0.5) is 5.69 Å². The number of rotatable bonds is 5. The highest BCUT2D eigenvalue weighted by atomic mass is 35.5. The van der Waals surface area contributed by atoms with E-state index in [1.807, 2.05) is 0 Å². The minimum Gasteiger partial charge on any atom is -0.497 e. The molecule has 6 heteroatoms. The fourth-order valence-corrected chi connectivity index (χ4v) is 2.68. The molecule has 4 nitrogen and oxygen atoms in total. The number of anilines is 1. The number of methoxy groups -OCH3 is 1. The Hall–Kier alpha value is -0.940. The van der Waals surface area contributed by atoms with Gasteiger partial charge in [-0.2, -0.15) is 0 Å². The molecule has 0 saturated heterocycles. The van der Waals surface area contributed by atoms with Crippen LogP contribution in [0, 0.1) is 0 Å². The summed E-state index contributed by atoms with van der Waals surface area (Å²) in [6, 6.07) is 6.79. The monoisotopic (exact) mass is 263 g/mol. The van der Waals surface area contributed by atoms with Gasteiger partial charge in [0.1, 0.15) is 5.75 Å². The van der Waals surface area contributed by atoms with E-state index in [1.165, 1.54) is 11.4 Å². The van der Waals surface area contributed by atoms with E-state index in [-0.39, 0.29) is 11.6 Å². The van der Waals surface area contributed by atoms with Gasteiger partial charge in [0.15, 0.2) is 0 Å². The third kappa shape index (κ3) is 3.02. The molecule has 0 aliphatic heterocycles. The number of halogens is 1. The van der Waals surface area contributed by atoms with Crippen LogP contribution in [0.3, 0.4) is 0 Å². The Morgan fingerprint density at radius 3 is 2.31 bits per heavy atom. The van der Waals surface area contributed by atoms with Crippen molar-refractivity contribution in [2.24, 2.45) is 0 Å². The standard InChI is InChI=1S/C10H14ClNO3S/c1-12(16(13,14)8-7-11)9-3-5-10(15-2)6-4-9/h3-6H,7-8H2,1-2H3. The maximum Gasteiger partial charge on any atom is 0.236 e. The Labute approximate surface area is 101 Å². The Balaban J connectivity index is 2.92. The van der Waals surface area contributed by atoms with Crippen LogP contribution < -0.4 is 9.04 Å². The summed E-state index contributed by atoms with van der Waals surface area (Å²) in [5.74, 6) is 0.701. The van der Waals surface area contributed by atoms with Gasteiger partial charge in [0.05, 0.1) is 18.6 Å². The van der Waals surface area contributed by atoms with Gasteiger partial charge in [0.2, 0.25) is 10.0 Å². The minimum atomic E-state index is -3.32. The van der Waals surface area contributed by atoms with Gasteiger partial charge in [0.25, 0.3) is 0 Å². The van der Waals surface area contributed by atoms with Gasteiger partial charge >= 0.3 is 0 Å². The van der Waals surface area contributed by atoms with Gasteiger partial charge < -0.3 is 4.74 Å². The molecule has 90 valence electrons. The molecule has 0 saturated carbocycles. The Kier molecular flexibility index (Phi) is 4.44. The van der Waals surface area contributed by atoms with Gasteiger partial charge in [-0.3, -0.25) is 4.31 Å². The van der Waals surface area contributed by atoms with E-state index >= 15 is 0 Å². The van der Waals surface area contributed by atoms with Gasteiger partial charge in [-0.05, 0) is 24.3 Å². The number of hydrogen-bond donors (Lipinski definition) is 0. The molecule has 0 atom stereocenters. The predicted octanol–water partition coefficient (Wildman–Crippen LogP) is 1.70. The second kappa shape index (κ2) is 5.41. The van der Waals surface area contributed by atoms with E-state index in [9.17, 15) is 8.42 Å². The van der Waals surface area contributed by atoms with Crippen molar-refractivity contribution in [3.05, 3.63) is 24.3 Å². The molecule has 0 aliphatic carbocycles. The first kappa shape index (κ1) is 13.1. The molecule has 1 rings (SSSR count). The summed E-state index contributed by atoms with van der Waals surface area (Å²) < 4.78 is 29.6. The van der Waals surface area contributed by atoms with Gasteiger partial charge in [-0.15, -0.1) is 11.6 Å². The first-order valence-corrected chi connectivity index (χ1v) is 6.82. The average Bonchev–Trinajstić information content (AvgIpc) is 2.28. The van der Waals surface area contributed by atoms with E-state index in [2.05, 4.69) is 0 Å². The summed E-state index contributed by atoms with van der Waals surface area (Å²) >= 11 is 5.44. The van der Waals surface area contributed by atoms with Gasteiger partial charge in [-0.25, -0.2) is 8.42 Å². The largest absolute Gasteiger partial charge is 0.497 e. The summed E-state index contributed by atoms with van der Waals surface area (Å²) in [5, 5.41) is 0. The number of hydrogen-bond acceptors (Lipinski definition) is 3. The molecule has 0 spiro atoms. The topological polar surface area (TPSA) is 46.6 Å². The van der Waals surface area contributed by atoms with Crippen LogP contribution in [0.1, 0.15) is 0 Å². The molecule has 0 heterocycles. The number of sulfonamides is 1. The molecule has 0 bridgehead atoms. The maximum absolute atomic E-state index is 11.7. The van der Waals surface area contributed by atoms with Crippen LogP contribution >= 0.6 is 11.6 Å². The molecule has 0 amide bonds. The summed E-state index contributed by atoms with van der Waals surface area (Å²) in [6.07, 6.45) is 0. The zero-order chi connectivity index (χ0) is 12.2. The van der Waals surface area contributed by atoms with E-state index < -0.39 is 10.0 Å². The molecule has 1 aromatic carbocycles. The number of ether oxygens (including phenoxy) is 1. The molecule has 1 aromatic rings. The highest BCUT2D eigenvalue weighted by Gasteiger charge is 2.17. The lowest BCUT2D eigenvalue weighted by atomic mass is 10.3. The molecule has 0 fully saturated rings. The van der Waals surface area contributed by atoms with Crippen LogP contribution in [-0.2, 0) is 10.0 Å². The second-order valence-corrected chi connectivity index (χ2v) is 5.67. The smallest absolute Gasteiger partial charge is 0.236 e. The summed E-state index contributed by atoms with van der Waals surface area (Å²) in [5.41, 5.74) is 0.589. The summed E-state index contributed by atoms with van der Waals surface area (Å²) in [6.45, 7) is 0. The predicted molar refractivity (Wildman–Crippen MR) is 65.9 cm³/mol. The molecule has 0 unspecified atom stereocenters. The van der Waals surface area contributed by atoms with Crippen LogP contribution in [0.2, 0.25) is 0 Å². The number of nitrogens with zero attached hydrogens (tertiary/aromatic N) is 1. The molecule has 0 radical (unpaired) electrons. The summed E-state index contributed by atoms with van der Waals surface area (Å²) in [4.78, 5) is 0. The highest BCUT2D eigenvalue weighted by molar-refractivity contribution is 7.92. The van der Waals surface area contributed by atoms with Crippen molar-refractivity contribution in [3.63, 3.8) is 0 Å². The normalized spacial score (nSPS) is 11.2. The Morgan fingerprint density at radius 2 is 1.88 bits per heavy atom. The first-order chi connectivity index (χ1) is 7.51. The lowest BCUT2D eigenvalue weighted by Crippen LogP contribution is -2.29. The lowest BCUT2D eigenvalue weighted by Gasteiger charge is -2.18. The van der Waals surface area contributed by atoms with Crippen LogP contribution in [0.25, 0.3) is 0 Å². The van der Waals surface area contributed by atoms with E-state index in [4.69, 9.17) is 16.3 Å². The fourth-order valence-electron chi connectivity index (χ4n) is 1.19. The molecular weight excluding hydrogens is 250 g/mol. The number of benzene rings is 1. The van der Waals surface area contributed by atoms with E-state index in [0.29, 0.717) is 11.4 Å². The second-order valence-electron chi connectivity index (χ2n) is 3.17. The first-order valence-electron chi connectivity index (χ1n) is 4.68. The van der Waals surface area contributed by atoms with E-state index in [0.717, 1.165) is 0 Å². The van der Waals surface area contributed by atoms with Crippen molar-refractivity contribution >= 4 is 27.3 Å². The zero-order valence-electron chi connectivity index (χ0n) is 9.18. The molecule has 0 aromatic heterocycles. The Morgan fingerprint density at radius 1 is 1.31 bits per heavy atom. The van der Waals surface area contributed by atoms with Crippen molar-refractivity contribution in [2.45, 2.75) is 0 Å². The average molecular weight is 264 g/mol.